The van der Waals surface area contributed by atoms with E-state index >= 15 is 0 Å². The van der Waals surface area contributed by atoms with E-state index in [9.17, 15) is 23.1 Å². The fraction of sp³-hybridized carbons (Fsp3) is 0.345. The predicted octanol–water partition coefficient (Wildman–Crippen LogP) is 8.12. The molecule has 12 heteroatoms. The van der Waals surface area contributed by atoms with E-state index in [4.69, 9.17) is 27.7 Å². The maximum atomic E-state index is 13.6. The van der Waals surface area contributed by atoms with Crippen LogP contribution in [-0.4, -0.2) is 39.1 Å². The summed E-state index contributed by atoms with van der Waals surface area (Å²) < 4.78 is 46.5. The minimum Gasteiger partial charge on any atom is -0.476 e. The van der Waals surface area contributed by atoms with E-state index in [0.717, 1.165) is 49.0 Å². The van der Waals surface area contributed by atoms with Crippen LogP contribution in [0.15, 0.2) is 47.0 Å². The zero-order valence-electron chi connectivity index (χ0n) is 21.5. The number of hydrogen-bond acceptors (Lipinski definition) is 5. The number of carboxylic acid groups (broad SMARTS) is 1. The third kappa shape index (κ3) is 4.39. The van der Waals surface area contributed by atoms with Gasteiger partial charge in [-0.2, -0.15) is 9.78 Å². The molecule has 3 heterocycles. The molecule has 2 aliphatic carbocycles. The Balaban J connectivity index is 1.15. The number of allylic oxidation sites excluding steroid dienone is 2. The molecule has 0 atom stereocenters. The minimum atomic E-state index is -4.84. The predicted molar refractivity (Wildman–Crippen MR) is 148 cm³/mol. The molecule has 1 N–H and O–H groups in total. The summed E-state index contributed by atoms with van der Waals surface area (Å²) >= 11 is 13.0. The summed E-state index contributed by atoms with van der Waals surface area (Å²) in [6, 6.07) is 9.80. The van der Waals surface area contributed by atoms with Gasteiger partial charge in [0.25, 0.3) is 0 Å². The van der Waals surface area contributed by atoms with Crippen LogP contribution < -0.4 is 4.90 Å². The number of alkyl halides is 3. The molecule has 0 bridgehead atoms. The molecule has 2 fully saturated rings. The highest BCUT2D eigenvalue weighted by atomic mass is 35.5. The van der Waals surface area contributed by atoms with Gasteiger partial charge in [0.05, 0.1) is 15.6 Å². The second-order valence-electron chi connectivity index (χ2n) is 11.1. The Morgan fingerprint density at radius 1 is 1.07 bits per heavy atom. The van der Waals surface area contributed by atoms with E-state index in [1.54, 1.807) is 24.3 Å². The highest BCUT2D eigenvalue weighted by molar-refractivity contribution is 6.39. The van der Waals surface area contributed by atoms with Crippen LogP contribution in [0.3, 0.4) is 0 Å². The molecule has 1 saturated heterocycles. The van der Waals surface area contributed by atoms with Crippen LogP contribution in [0.5, 0.6) is 0 Å². The summed E-state index contributed by atoms with van der Waals surface area (Å²) in [5.74, 6) is -0.283. The molecule has 1 spiro atoms. The van der Waals surface area contributed by atoms with Crippen molar-refractivity contribution in [2.75, 3.05) is 18.0 Å². The number of aromatic carboxylic acids is 1. The molecule has 4 aromatic rings. The minimum absolute atomic E-state index is 0.0280. The average molecular weight is 603 g/mol. The Morgan fingerprint density at radius 2 is 1.76 bits per heavy atom. The van der Waals surface area contributed by atoms with Crippen molar-refractivity contribution in [2.45, 2.75) is 44.3 Å². The summed E-state index contributed by atoms with van der Waals surface area (Å²) in [6.07, 6.45) is 2.03. The summed E-state index contributed by atoms with van der Waals surface area (Å²) in [4.78, 5) is 13.5. The van der Waals surface area contributed by atoms with Gasteiger partial charge in [0.15, 0.2) is 5.69 Å². The number of rotatable bonds is 5. The van der Waals surface area contributed by atoms with Crippen molar-refractivity contribution in [3.63, 3.8) is 0 Å². The first kappa shape index (κ1) is 26.4. The summed E-state index contributed by atoms with van der Waals surface area (Å²) in [7, 11) is 0. The van der Waals surface area contributed by atoms with Crippen LogP contribution in [-0.2, 0) is 6.30 Å². The Hall–Kier alpha value is -3.50. The van der Waals surface area contributed by atoms with Gasteiger partial charge in [0.1, 0.15) is 11.5 Å². The Kier molecular flexibility index (Phi) is 5.96. The number of carboxylic acids is 1. The van der Waals surface area contributed by atoms with E-state index in [-0.39, 0.29) is 21.0 Å². The topological polar surface area (TPSA) is 84.4 Å². The van der Waals surface area contributed by atoms with Crippen molar-refractivity contribution in [1.82, 2.24) is 14.9 Å². The third-order valence-electron chi connectivity index (χ3n) is 8.44. The molecule has 0 unspecified atom stereocenters. The lowest BCUT2D eigenvalue weighted by Crippen LogP contribution is -2.42. The third-order valence-corrected chi connectivity index (χ3v) is 9.07. The van der Waals surface area contributed by atoms with Crippen molar-refractivity contribution in [1.29, 1.82) is 0 Å². The first-order chi connectivity index (χ1) is 19.5. The molecule has 2 aromatic carbocycles. The molecule has 0 amide bonds. The van der Waals surface area contributed by atoms with Gasteiger partial charge in [-0.05, 0) is 73.4 Å². The lowest BCUT2D eigenvalue weighted by molar-refractivity contribution is -0.209. The number of halogens is 5. The maximum absolute atomic E-state index is 13.6. The van der Waals surface area contributed by atoms with Gasteiger partial charge in [0, 0.05) is 41.2 Å². The highest BCUT2D eigenvalue weighted by Gasteiger charge is 2.44. The van der Waals surface area contributed by atoms with E-state index < -0.39 is 18.0 Å². The number of aromatic nitrogens is 3. The van der Waals surface area contributed by atoms with Gasteiger partial charge in [-0.25, -0.2) is 4.79 Å². The number of benzene rings is 2. The molecule has 3 aliphatic rings. The van der Waals surface area contributed by atoms with Crippen molar-refractivity contribution < 1.29 is 27.6 Å². The smallest absolute Gasteiger partial charge is 0.476 e. The van der Waals surface area contributed by atoms with Crippen molar-refractivity contribution >= 4 is 51.3 Å². The summed E-state index contributed by atoms with van der Waals surface area (Å²) in [5.41, 5.74) is 3.15. The van der Waals surface area contributed by atoms with Crippen LogP contribution in [0.25, 0.3) is 27.7 Å². The van der Waals surface area contributed by atoms with E-state index in [0.29, 0.717) is 46.0 Å². The van der Waals surface area contributed by atoms with Gasteiger partial charge in [0.2, 0.25) is 0 Å². The standard InChI is InChI=1S/C29H23Cl2F3N4O3/c30-19-2-1-3-20(31)23(19)25-22(26(41-36-25)15-4-5-15)16-13-28(14-16)8-10-37(11-9-28)17-6-7-18-21(12-17)38(29(32,33)34)35-24(18)27(39)40/h1-3,6-7,12-13,15H,4-5,8-11,14H2,(H,39,40). The summed E-state index contributed by atoms with van der Waals surface area (Å²) in [5, 5.41) is 18.0. The number of fused-ring (bicyclic) bond motifs is 1. The average Bonchev–Trinajstić information content (AvgIpc) is 3.53. The second kappa shape index (κ2) is 9.25. The first-order valence-corrected chi connectivity index (χ1v) is 14.0. The molecular weight excluding hydrogens is 580 g/mol. The van der Waals surface area contributed by atoms with Crippen LogP contribution in [0.4, 0.5) is 18.9 Å². The highest BCUT2D eigenvalue weighted by Crippen LogP contribution is 2.56. The molecule has 41 heavy (non-hydrogen) atoms. The molecule has 0 radical (unpaired) electrons. The second-order valence-corrected chi connectivity index (χ2v) is 11.9. The molecule has 2 aromatic heterocycles. The SMILES string of the molecule is O=C(O)c1nn(C(F)(F)F)c2cc(N3CCC4(C=C(c5c(-c6c(Cl)cccc6Cl)noc5C5CC5)C4)CC3)ccc12. The number of piperidine rings is 1. The van der Waals surface area contributed by atoms with Crippen molar-refractivity contribution in [3.05, 3.63) is 69.5 Å². The molecular formula is C29H23Cl2F3N4O3. The van der Waals surface area contributed by atoms with Crippen LogP contribution in [0.2, 0.25) is 10.0 Å². The lowest BCUT2D eigenvalue weighted by Gasteiger charge is -2.47. The molecule has 7 nitrogen and oxygen atoms in total. The molecule has 212 valence electrons. The fourth-order valence-corrected chi connectivity index (χ4v) is 6.77. The number of nitrogens with zero attached hydrogens (tertiary/aromatic N) is 4. The Bertz CT molecular complexity index is 1730. The normalized spacial score (nSPS) is 18.6. The van der Waals surface area contributed by atoms with Crippen LogP contribution in [0.1, 0.15) is 59.8 Å². The first-order valence-electron chi connectivity index (χ1n) is 13.3. The van der Waals surface area contributed by atoms with E-state index in [1.165, 1.54) is 12.1 Å². The van der Waals surface area contributed by atoms with E-state index in [2.05, 4.69) is 16.3 Å². The number of anilines is 1. The Labute approximate surface area is 242 Å². The van der Waals surface area contributed by atoms with Gasteiger partial charge in [-0.1, -0.05) is 40.5 Å². The van der Waals surface area contributed by atoms with Crippen molar-refractivity contribution in [3.8, 4) is 11.3 Å². The van der Waals surface area contributed by atoms with Gasteiger partial charge in [-0.3, -0.25) is 0 Å². The van der Waals surface area contributed by atoms with Crippen LogP contribution in [0, 0.1) is 5.41 Å². The fourth-order valence-electron chi connectivity index (χ4n) is 6.19. The largest absolute Gasteiger partial charge is 0.505 e. The zero-order chi connectivity index (χ0) is 28.7. The van der Waals surface area contributed by atoms with Gasteiger partial charge >= 0.3 is 12.3 Å². The quantitative estimate of drug-likeness (QED) is 0.248. The maximum Gasteiger partial charge on any atom is 0.505 e. The van der Waals surface area contributed by atoms with Crippen LogP contribution >= 0.6 is 23.2 Å². The van der Waals surface area contributed by atoms with Gasteiger partial charge < -0.3 is 14.5 Å². The molecule has 1 saturated carbocycles. The zero-order valence-corrected chi connectivity index (χ0v) is 23.0. The van der Waals surface area contributed by atoms with Crippen molar-refractivity contribution in [2.24, 2.45) is 5.41 Å². The summed E-state index contributed by atoms with van der Waals surface area (Å²) in [6.45, 7) is 1.28. The number of carbonyl (C=O) groups is 1. The van der Waals surface area contributed by atoms with Gasteiger partial charge in [-0.15, -0.1) is 13.2 Å². The molecule has 7 rings (SSSR count). The lowest BCUT2D eigenvalue weighted by atomic mass is 9.63. The number of hydrogen-bond donors (Lipinski definition) is 1. The van der Waals surface area contributed by atoms with E-state index in [1.807, 2.05) is 4.90 Å². The monoisotopic (exact) mass is 602 g/mol. The Morgan fingerprint density at radius 3 is 2.37 bits per heavy atom. The molecule has 1 aliphatic heterocycles.